The van der Waals surface area contributed by atoms with Crippen LogP contribution in [0, 0.1) is 0 Å². The molecule has 1 heterocycles. The highest BCUT2D eigenvalue weighted by molar-refractivity contribution is 6.31. The van der Waals surface area contributed by atoms with E-state index >= 15 is 0 Å². The van der Waals surface area contributed by atoms with Gasteiger partial charge in [-0.2, -0.15) is 13.2 Å². The van der Waals surface area contributed by atoms with Crippen molar-refractivity contribution in [3.8, 4) is 5.75 Å². The Morgan fingerprint density at radius 2 is 2.06 bits per heavy atom. The maximum Gasteiger partial charge on any atom is 0.405 e. The Bertz CT molecular complexity index is 400. The zero-order valence-electron chi connectivity index (χ0n) is 9.96. The van der Waals surface area contributed by atoms with Gasteiger partial charge in [0, 0.05) is 6.54 Å². The molecule has 0 aliphatic heterocycles. The van der Waals surface area contributed by atoms with E-state index in [1.807, 2.05) is 0 Å². The van der Waals surface area contributed by atoms with Gasteiger partial charge in [-0.3, -0.25) is 0 Å². The van der Waals surface area contributed by atoms with Crippen molar-refractivity contribution in [1.29, 1.82) is 0 Å². The highest BCUT2D eigenvalue weighted by atomic mass is 35.5. The second-order valence-corrected chi connectivity index (χ2v) is 3.92. The first-order chi connectivity index (χ1) is 8.39. The average Bonchev–Trinajstić information content (AvgIpc) is 2.26. The minimum absolute atomic E-state index is 0.00854. The van der Waals surface area contributed by atoms with Crippen molar-refractivity contribution < 1.29 is 17.9 Å². The van der Waals surface area contributed by atoms with Gasteiger partial charge in [-0.25, -0.2) is 9.97 Å². The number of anilines is 1. The second-order valence-electron chi connectivity index (χ2n) is 3.56. The molecule has 0 spiro atoms. The smallest absolute Gasteiger partial charge is 0.405 e. The summed E-state index contributed by atoms with van der Waals surface area (Å²) in [5, 5.41) is -0.00854. The number of rotatable bonds is 5. The summed E-state index contributed by atoms with van der Waals surface area (Å²) in [6.07, 6.45) is -2.67. The molecule has 102 valence electrons. The van der Waals surface area contributed by atoms with Crippen LogP contribution in [0.5, 0.6) is 5.75 Å². The van der Waals surface area contributed by atoms with E-state index in [1.165, 1.54) is 7.11 Å². The Kier molecular flexibility index (Phi) is 5.01. The average molecular weight is 284 g/mol. The van der Waals surface area contributed by atoms with Crippen molar-refractivity contribution in [1.82, 2.24) is 9.97 Å². The lowest BCUT2D eigenvalue weighted by Gasteiger charge is -2.25. The molecular formula is C10H13ClF3N3O. The fraction of sp³-hybridized carbons (Fsp3) is 0.600. The zero-order chi connectivity index (χ0) is 13.8. The predicted octanol–water partition coefficient (Wildman–Crippen LogP) is 2.92. The summed E-state index contributed by atoms with van der Waals surface area (Å²) in [7, 11) is 1.31. The first kappa shape index (κ1) is 14.8. The van der Waals surface area contributed by atoms with E-state index in [4.69, 9.17) is 16.3 Å². The maximum absolute atomic E-state index is 12.5. The Morgan fingerprint density at radius 3 is 2.56 bits per heavy atom. The van der Waals surface area contributed by atoms with Gasteiger partial charge in [0.05, 0.1) is 7.11 Å². The molecule has 0 atom stereocenters. The van der Waals surface area contributed by atoms with Gasteiger partial charge in [0.2, 0.25) is 0 Å². The van der Waals surface area contributed by atoms with Gasteiger partial charge in [-0.15, -0.1) is 0 Å². The molecule has 4 nitrogen and oxygen atoms in total. The lowest BCUT2D eigenvalue weighted by atomic mass is 10.3. The number of methoxy groups -OCH3 is 1. The number of aromatic nitrogens is 2. The molecule has 0 saturated heterocycles. The number of alkyl halides is 3. The molecule has 0 N–H and O–H groups in total. The highest BCUT2D eigenvalue weighted by Gasteiger charge is 2.32. The largest absolute Gasteiger partial charge is 0.490 e. The summed E-state index contributed by atoms with van der Waals surface area (Å²) < 4.78 is 42.4. The normalized spacial score (nSPS) is 11.4. The molecule has 0 unspecified atom stereocenters. The Labute approximate surface area is 108 Å². The van der Waals surface area contributed by atoms with Crippen molar-refractivity contribution in [2.24, 2.45) is 0 Å². The van der Waals surface area contributed by atoms with Crippen LogP contribution in [0.3, 0.4) is 0 Å². The molecule has 0 aromatic carbocycles. The third kappa shape index (κ3) is 3.90. The van der Waals surface area contributed by atoms with Crippen molar-refractivity contribution >= 4 is 17.4 Å². The van der Waals surface area contributed by atoms with Crippen LogP contribution < -0.4 is 9.64 Å². The SMILES string of the molecule is CCCN(CC(F)(F)F)c1ncnc(Cl)c1OC. The zero-order valence-corrected chi connectivity index (χ0v) is 10.7. The second kappa shape index (κ2) is 6.08. The van der Waals surface area contributed by atoms with Gasteiger partial charge in [0.1, 0.15) is 12.9 Å². The highest BCUT2D eigenvalue weighted by Crippen LogP contribution is 2.33. The van der Waals surface area contributed by atoms with Crippen LogP contribution >= 0.6 is 11.6 Å². The molecule has 0 aliphatic carbocycles. The Hall–Kier alpha value is -1.24. The van der Waals surface area contributed by atoms with Crippen LogP contribution in [0.2, 0.25) is 5.15 Å². The van der Waals surface area contributed by atoms with Gasteiger partial charge in [-0.1, -0.05) is 18.5 Å². The van der Waals surface area contributed by atoms with Crippen LogP contribution in [-0.2, 0) is 0 Å². The van der Waals surface area contributed by atoms with Gasteiger partial charge >= 0.3 is 6.18 Å². The minimum Gasteiger partial charge on any atom is -0.490 e. The van der Waals surface area contributed by atoms with E-state index < -0.39 is 12.7 Å². The lowest BCUT2D eigenvalue weighted by Crippen LogP contribution is -2.35. The summed E-state index contributed by atoms with van der Waals surface area (Å²) in [4.78, 5) is 8.57. The first-order valence-electron chi connectivity index (χ1n) is 5.25. The third-order valence-electron chi connectivity index (χ3n) is 2.11. The van der Waals surface area contributed by atoms with E-state index in [-0.39, 0.29) is 23.3 Å². The quantitative estimate of drug-likeness (QED) is 0.779. The van der Waals surface area contributed by atoms with Crippen LogP contribution in [0.1, 0.15) is 13.3 Å². The maximum atomic E-state index is 12.5. The molecule has 0 aliphatic rings. The number of halogens is 4. The van der Waals surface area contributed by atoms with Crippen molar-refractivity contribution in [2.45, 2.75) is 19.5 Å². The van der Waals surface area contributed by atoms with Crippen molar-refractivity contribution in [3.05, 3.63) is 11.5 Å². The lowest BCUT2D eigenvalue weighted by molar-refractivity contribution is -0.119. The number of hydrogen-bond acceptors (Lipinski definition) is 4. The molecule has 0 fully saturated rings. The molecule has 0 saturated carbocycles. The Morgan fingerprint density at radius 1 is 1.39 bits per heavy atom. The monoisotopic (exact) mass is 283 g/mol. The summed E-state index contributed by atoms with van der Waals surface area (Å²) in [6, 6.07) is 0. The molecule has 1 rings (SSSR count). The molecule has 18 heavy (non-hydrogen) atoms. The van der Waals surface area contributed by atoms with E-state index in [0.717, 1.165) is 11.2 Å². The van der Waals surface area contributed by atoms with E-state index in [2.05, 4.69) is 9.97 Å². The predicted molar refractivity (Wildman–Crippen MR) is 62.2 cm³/mol. The van der Waals surface area contributed by atoms with E-state index in [0.29, 0.717) is 6.42 Å². The van der Waals surface area contributed by atoms with Crippen LogP contribution in [0.15, 0.2) is 6.33 Å². The topological polar surface area (TPSA) is 38.2 Å². The van der Waals surface area contributed by atoms with Crippen LogP contribution in [0.25, 0.3) is 0 Å². The molecule has 8 heteroatoms. The molecule has 1 aromatic heterocycles. The fourth-order valence-corrected chi connectivity index (χ4v) is 1.70. The van der Waals surface area contributed by atoms with Crippen molar-refractivity contribution in [2.75, 3.05) is 25.1 Å². The molecule has 0 radical (unpaired) electrons. The first-order valence-corrected chi connectivity index (χ1v) is 5.63. The number of nitrogens with zero attached hydrogens (tertiary/aromatic N) is 3. The minimum atomic E-state index is -4.32. The van der Waals surface area contributed by atoms with Gasteiger partial charge in [0.15, 0.2) is 16.7 Å². The molecular weight excluding hydrogens is 271 g/mol. The molecule has 0 bridgehead atoms. The number of ether oxygens (including phenoxy) is 1. The summed E-state index contributed by atoms with van der Waals surface area (Å²) in [6.45, 7) is 0.867. The van der Waals surface area contributed by atoms with Crippen molar-refractivity contribution in [3.63, 3.8) is 0 Å². The summed E-state index contributed by atoms with van der Waals surface area (Å²) in [5.74, 6) is 0.105. The number of hydrogen-bond donors (Lipinski definition) is 0. The Balaban J connectivity index is 3.09. The summed E-state index contributed by atoms with van der Waals surface area (Å²) in [5.41, 5.74) is 0. The van der Waals surface area contributed by atoms with E-state index in [9.17, 15) is 13.2 Å². The fourth-order valence-electron chi connectivity index (χ4n) is 1.49. The van der Waals surface area contributed by atoms with Gasteiger partial charge in [0.25, 0.3) is 0 Å². The molecule has 1 aromatic rings. The summed E-state index contributed by atoms with van der Waals surface area (Å²) >= 11 is 5.76. The van der Waals surface area contributed by atoms with Gasteiger partial charge < -0.3 is 9.64 Å². The van der Waals surface area contributed by atoms with E-state index in [1.54, 1.807) is 6.92 Å². The molecule has 0 amide bonds. The standard InChI is InChI=1S/C10H13ClF3N3O/c1-3-4-17(5-10(12,13)14)9-7(18-2)8(11)15-6-16-9/h6H,3-5H2,1-2H3. The van der Waals surface area contributed by atoms with Crippen LogP contribution in [0.4, 0.5) is 19.0 Å². The van der Waals surface area contributed by atoms with Gasteiger partial charge in [-0.05, 0) is 6.42 Å². The van der Waals surface area contributed by atoms with Crippen LogP contribution in [-0.4, -0.2) is 36.3 Å². The third-order valence-corrected chi connectivity index (χ3v) is 2.38.